The first-order chi connectivity index (χ1) is 9.72. The van der Waals surface area contributed by atoms with Crippen molar-refractivity contribution in [1.29, 1.82) is 0 Å². The van der Waals surface area contributed by atoms with Gasteiger partial charge in [-0.15, -0.1) is 0 Å². The number of hydrogen-bond donors (Lipinski definition) is 1. The third-order valence-electron chi connectivity index (χ3n) is 2.81. The minimum Gasteiger partial charge on any atom is -0.449 e. The second-order valence-electron chi connectivity index (χ2n) is 4.41. The maximum atomic E-state index is 12.1. The van der Waals surface area contributed by atoms with Crippen LogP contribution in [0.5, 0.6) is 0 Å². The molecule has 0 aliphatic rings. The molecule has 2 aromatic rings. The zero-order valence-electron chi connectivity index (χ0n) is 11.4. The van der Waals surface area contributed by atoms with E-state index < -0.39 is 6.09 Å². The maximum Gasteiger partial charge on any atom is 0.407 e. The van der Waals surface area contributed by atoms with Gasteiger partial charge >= 0.3 is 6.09 Å². The van der Waals surface area contributed by atoms with Crippen LogP contribution in [0.3, 0.4) is 0 Å². The van der Waals surface area contributed by atoms with E-state index in [2.05, 4.69) is 5.32 Å². The molecule has 1 amide bonds. The summed E-state index contributed by atoms with van der Waals surface area (Å²) in [6.45, 7) is 3.48. The van der Waals surface area contributed by atoms with Gasteiger partial charge in [-0.2, -0.15) is 0 Å². The molecule has 6 heteroatoms. The van der Waals surface area contributed by atoms with E-state index in [-0.39, 0.29) is 5.56 Å². The van der Waals surface area contributed by atoms with Crippen LogP contribution in [0.25, 0.3) is 10.1 Å². The molecule has 0 saturated carbocycles. The van der Waals surface area contributed by atoms with Crippen molar-refractivity contribution < 1.29 is 9.53 Å². The number of nitrogens with one attached hydrogen (secondary N) is 1. The summed E-state index contributed by atoms with van der Waals surface area (Å²) in [6, 6.07) is 7.55. The molecule has 1 N–H and O–H groups in total. The lowest BCUT2D eigenvalue weighted by Crippen LogP contribution is -2.25. The third kappa shape index (κ3) is 3.60. The standard InChI is InChI=1S/C14H18N2O3S/c1-2-8-15-14(18)19-10-5-9-16-13(17)11-6-3-4-7-12(11)20-16/h3-4,6-7H,2,5,8-10H2,1H3,(H,15,18). The van der Waals surface area contributed by atoms with Crippen LogP contribution in [-0.2, 0) is 11.3 Å². The van der Waals surface area contributed by atoms with E-state index in [4.69, 9.17) is 4.74 Å². The van der Waals surface area contributed by atoms with E-state index in [9.17, 15) is 9.59 Å². The SMILES string of the molecule is CCCNC(=O)OCCCn1sc2ccccc2c1=O. The van der Waals surface area contributed by atoms with Gasteiger partial charge in [-0.3, -0.25) is 8.75 Å². The molecule has 1 aromatic heterocycles. The molecule has 1 aromatic carbocycles. The van der Waals surface area contributed by atoms with Gasteiger partial charge in [-0.05, 0) is 18.6 Å². The molecule has 0 saturated heterocycles. The van der Waals surface area contributed by atoms with E-state index >= 15 is 0 Å². The Labute approximate surface area is 121 Å². The lowest BCUT2D eigenvalue weighted by atomic mass is 10.3. The minimum atomic E-state index is -0.393. The Kier molecular flexibility index (Phi) is 5.17. The van der Waals surface area contributed by atoms with Crippen molar-refractivity contribution in [2.45, 2.75) is 26.3 Å². The molecule has 0 fully saturated rings. The molecule has 0 radical (unpaired) electrons. The summed E-state index contributed by atoms with van der Waals surface area (Å²) in [5.41, 5.74) is 0.0287. The van der Waals surface area contributed by atoms with Crippen molar-refractivity contribution in [2.24, 2.45) is 0 Å². The van der Waals surface area contributed by atoms with E-state index in [1.165, 1.54) is 11.5 Å². The fraction of sp³-hybridized carbons (Fsp3) is 0.429. The van der Waals surface area contributed by atoms with Gasteiger partial charge in [0.05, 0.1) is 16.7 Å². The Balaban J connectivity index is 1.83. The van der Waals surface area contributed by atoms with Gasteiger partial charge in [0, 0.05) is 19.5 Å². The Morgan fingerprint density at radius 1 is 1.40 bits per heavy atom. The zero-order valence-corrected chi connectivity index (χ0v) is 12.2. The molecule has 0 bridgehead atoms. The molecule has 20 heavy (non-hydrogen) atoms. The summed E-state index contributed by atoms with van der Waals surface area (Å²) < 4.78 is 7.71. The lowest BCUT2D eigenvalue weighted by molar-refractivity contribution is 0.143. The highest BCUT2D eigenvalue weighted by molar-refractivity contribution is 7.13. The van der Waals surface area contributed by atoms with Crippen molar-refractivity contribution in [2.75, 3.05) is 13.2 Å². The normalized spacial score (nSPS) is 10.7. The van der Waals surface area contributed by atoms with Crippen LogP contribution >= 0.6 is 11.5 Å². The highest BCUT2D eigenvalue weighted by atomic mass is 32.1. The topological polar surface area (TPSA) is 60.3 Å². The molecule has 2 rings (SSSR count). The predicted molar refractivity (Wildman–Crippen MR) is 80.3 cm³/mol. The number of rotatable bonds is 6. The van der Waals surface area contributed by atoms with Crippen LogP contribution < -0.4 is 10.9 Å². The zero-order chi connectivity index (χ0) is 14.4. The van der Waals surface area contributed by atoms with Crippen LogP contribution in [0.2, 0.25) is 0 Å². The van der Waals surface area contributed by atoms with Crippen molar-refractivity contribution in [3.8, 4) is 0 Å². The third-order valence-corrected chi connectivity index (χ3v) is 3.93. The molecule has 1 heterocycles. The number of alkyl carbamates (subject to hydrolysis) is 1. The number of amides is 1. The van der Waals surface area contributed by atoms with Crippen molar-refractivity contribution in [3.63, 3.8) is 0 Å². The number of nitrogens with zero attached hydrogens (tertiary/aromatic N) is 1. The first-order valence-electron chi connectivity index (χ1n) is 6.72. The molecule has 0 unspecified atom stereocenters. The number of aryl methyl sites for hydroxylation is 1. The summed E-state index contributed by atoms with van der Waals surface area (Å²) in [7, 11) is 0. The quantitative estimate of drug-likeness (QED) is 0.833. The van der Waals surface area contributed by atoms with Crippen molar-refractivity contribution in [3.05, 3.63) is 34.6 Å². The van der Waals surface area contributed by atoms with Crippen LogP contribution in [0.1, 0.15) is 19.8 Å². The lowest BCUT2D eigenvalue weighted by Gasteiger charge is -2.05. The molecule has 5 nitrogen and oxygen atoms in total. The number of aromatic nitrogens is 1. The summed E-state index contributed by atoms with van der Waals surface area (Å²) in [5, 5.41) is 3.39. The second-order valence-corrected chi connectivity index (χ2v) is 5.47. The molecular formula is C14H18N2O3S. The van der Waals surface area contributed by atoms with Crippen LogP contribution in [-0.4, -0.2) is 23.2 Å². The van der Waals surface area contributed by atoms with Crippen LogP contribution in [0.4, 0.5) is 4.79 Å². The summed E-state index contributed by atoms with van der Waals surface area (Å²) in [4.78, 5) is 23.3. The fourth-order valence-electron chi connectivity index (χ4n) is 1.82. The minimum absolute atomic E-state index is 0.0287. The molecular weight excluding hydrogens is 276 g/mol. The van der Waals surface area contributed by atoms with Crippen molar-refractivity contribution >= 4 is 27.7 Å². The second kappa shape index (κ2) is 7.09. The number of ether oxygens (including phenoxy) is 1. The van der Waals surface area contributed by atoms with Gasteiger partial charge in [-0.25, -0.2) is 4.79 Å². The summed E-state index contributed by atoms with van der Waals surface area (Å²) in [6.07, 6.45) is 1.12. The number of carbonyl (C=O) groups excluding carboxylic acids is 1. The average molecular weight is 294 g/mol. The highest BCUT2D eigenvalue weighted by Crippen LogP contribution is 2.15. The summed E-state index contributed by atoms with van der Waals surface area (Å²) >= 11 is 1.44. The smallest absolute Gasteiger partial charge is 0.407 e. The molecule has 0 atom stereocenters. The van der Waals surface area contributed by atoms with Gasteiger partial charge in [0.1, 0.15) is 0 Å². The first kappa shape index (κ1) is 14.6. The van der Waals surface area contributed by atoms with Gasteiger partial charge in [0.2, 0.25) is 0 Å². The number of hydrogen-bond acceptors (Lipinski definition) is 4. The fourth-order valence-corrected chi connectivity index (χ4v) is 2.85. The molecule has 108 valence electrons. The molecule has 0 spiro atoms. The summed E-state index contributed by atoms with van der Waals surface area (Å²) in [5.74, 6) is 0. The maximum absolute atomic E-state index is 12.1. The number of carbonyl (C=O) groups is 1. The molecule has 0 aliphatic heterocycles. The van der Waals surface area contributed by atoms with Crippen LogP contribution in [0.15, 0.2) is 29.1 Å². The van der Waals surface area contributed by atoms with E-state index in [0.717, 1.165) is 16.5 Å². The van der Waals surface area contributed by atoms with E-state index in [1.54, 1.807) is 3.96 Å². The Morgan fingerprint density at radius 3 is 2.95 bits per heavy atom. The van der Waals surface area contributed by atoms with Gasteiger partial charge in [0.15, 0.2) is 0 Å². The molecule has 0 aliphatic carbocycles. The van der Waals surface area contributed by atoms with E-state index in [1.807, 2.05) is 31.2 Å². The highest BCUT2D eigenvalue weighted by Gasteiger charge is 2.06. The van der Waals surface area contributed by atoms with Gasteiger partial charge in [0.25, 0.3) is 5.56 Å². The van der Waals surface area contributed by atoms with Gasteiger partial charge in [-0.1, -0.05) is 30.6 Å². The predicted octanol–water partition coefficient (Wildman–Crippen LogP) is 2.59. The first-order valence-corrected chi connectivity index (χ1v) is 7.49. The van der Waals surface area contributed by atoms with Gasteiger partial charge < -0.3 is 10.1 Å². The van der Waals surface area contributed by atoms with Crippen molar-refractivity contribution in [1.82, 2.24) is 9.27 Å². The number of benzene rings is 1. The monoisotopic (exact) mass is 294 g/mol. The Hall–Kier alpha value is -1.82. The largest absolute Gasteiger partial charge is 0.449 e. The van der Waals surface area contributed by atoms with E-state index in [0.29, 0.717) is 26.1 Å². The number of fused-ring (bicyclic) bond motifs is 1. The Bertz CT molecular complexity index is 633. The average Bonchev–Trinajstić information content (AvgIpc) is 2.78. The van der Waals surface area contributed by atoms with Crippen LogP contribution in [0, 0.1) is 0 Å². The Morgan fingerprint density at radius 2 is 2.20 bits per heavy atom.